The monoisotopic (exact) mass is 258 g/mol. The summed E-state index contributed by atoms with van der Waals surface area (Å²) in [6, 6.07) is 8.51. The number of hydrogen-bond donors (Lipinski definition) is 0. The van der Waals surface area contributed by atoms with Crippen LogP contribution in [-0.2, 0) is 11.2 Å². The van der Waals surface area contributed by atoms with Crippen molar-refractivity contribution in [1.82, 2.24) is 0 Å². The molecule has 0 amide bonds. The second kappa shape index (κ2) is 6.36. The Bertz CT molecular complexity index is 435. The van der Waals surface area contributed by atoms with E-state index >= 15 is 0 Å². The molecule has 0 heterocycles. The van der Waals surface area contributed by atoms with Crippen LogP contribution >= 0.6 is 0 Å². The van der Waals surface area contributed by atoms with Crippen LogP contribution in [0.1, 0.15) is 50.7 Å². The minimum absolute atomic E-state index is 0.330. The molecule has 1 aliphatic carbocycles. The largest absolute Gasteiger partial charge is 0.299 e. The molecule has 1 heteroatoms. The topological polar surface area (TPSA) is 17.1 Å². The minimum Gasteiger partial charge on any atom is -0.299 e. The highest BCUT2D eigenvalue weighted by Crippen LogP contribution is 2.34. The first-order valence-electron chi connectivity index (χ1n) is 7.64. The Hall–Kier alpha value is -1.11. The highest BCUT2D eigenvalue weighted by Gasteiger charge is 2.28. The Morgan fingerprint density at radius 2 is 2.00 bits per heavy atom. The van der Waals surface area contributed by atoms with Gasteiger partial charge in [-0.1, -0.05) is 43.7 Å². The summed E-state index contributed by atoms with van der Waals surface area (Å²) in [5.41, 5.74) is 2.58. The molecule has 0 aliphatic heterocycles. The van der Waals surface area contributed by atoms with Crippen LogP contribution in [-0.4, -0.2) is 5.78 Å². The molecule has 3 unspecified atom stereocenters. The third-order valence-corrected chi connectivity index (χ3v) is 4.80. The molecule has 0 bridgehead atoms. The molecule has 2 rings (SSSR count). The summed E-state index contributed by atoms with van der Waals surface area (Å²) < 4.78 is 0. The van der Waals surface area contributed by atoms with Gasteiger partial charge in [0.2, 0.25) is 0 Å². The number of Topliss-reactive ketones (excluding diaryl/α,β-unsaturated/α-hetero) is 1. The summed E-state index contributed by atoms with van der Waals surface area (Å²) >= 11 is 0. The number of hydrogen-bond acceptors (Lipinski definition) is 1. The Balaban J connectivity index is 1.84. The van der Waals surface area contributed by atoms with E-state index in [1.165, 1.54) is 17.5 Å². The molecule has 1 nitrogen and oxygen atoms in total. The standard InChI is InChI=1S/C18H26O/c1-13-5-4-6-16(11-13)8-10-18(19)17-9-7-14(2)15(3)12-17/h4-6,11,14-15,17H,7-10,12H2,1-3H3. The van der Waals surface area contributed by atoms with E-state index in [1.807, 2.05) is 0 Å². The van der Waals surface area contributed by atoms with E-state index in [4.69, 9.17) is 0 Å². The minimum atomic E-state index is 0.330. The third-order valence-electron chi connectivity index (χ3n) is 4.80. The van der Waals surface area contributed by atoms with Crippen molar-refractivity contribution >= 4 is 5.78 Å². The molecule has 0 aromatic heterocycles. The zero-order valence-electron chi connectivity index (χ0n) is 12.5. The van der Waals surface area contributed by atoms with E-state index in [0.29, 0.717) is 17.6 Å². The zero-order valence-corrected chi connectivity index (χ0v) is 12.5. The lowest BCUT2D eigenvalue weighted by Crippen LogP contribution is -2.26. The number of rotatable bonds is 4. The van der Waals surface area contributed by atoms with Gasteiger partial charge < -0.3 is 0 Å². The van der Waals surface area contributed by atoms with Crippen LogP contribution in [0.5, 0.6) is 0 Å². The van der Waals surface area contributed by atoms with Gasteiger partial charge in [-0.2, -0.15) is 0 Å². The van der Waals surface area contributed by atoms with Crippen molar-refractivity contribution in [2.24, 2.45) is 17.8 Å². The summed E-state index contributed by atoms with van der Waals surface area (Å²) in [6.45, 7) is 6.72. The summed E-state index contributed by atoms with van der Waals surface area (Å²) in [5, 5.41) is 0. The van der Waals surface area contributed by atoms with E-state index in [1.54, 1.807) is 0 Å². The molecule has 1 aromatic rings. The van der Waals surface area contributed by atoms with Crippen molar-refractivity contribution in [3.05, 3.63) is 35.4 Å². The normalized spacial score (nSPS) is 27.2. The van der Waals surface area contributed by atoms with Gasteiger partial charge in [-0.15, -0.1) is 0 Å². The lowest BCUT2D eigenvalue weighted by Gasteiger charge is -2.31. The van der Waals surface area contributed by atoms with Gasteiger partial charge in [-0.25, -0.2) is 0 Å². The SMILES string of the molecule is Cc1cccc(CCC(=O)C2CCC(C)C(C)C2)c1. The second-order valence-electron chi connectivity index (χ2n) is 6.42. The van der Waals surface area contributed by atoms with Gasteiger partial charge in [-0.3, -0.25) is 4.79 Å². The Morgan fingerprint density at radius 1 is 1.21 bits per heavy atom. The number of ketones is 1. The number of carbonyl (C=O) groups is 1. The molecule has 0 spiro atoms. The van der Waals surface area contributed by atoms with Gasteiger partial charge in [0, 0.05) is 12.3 Å². The van der Waals surface area contributed by atoms with Gasteiger partial charge in [0.15, 0.2) is 0 Å². The molecule has 1 aromatic carbocycles. The van der Waals surface area contributed by atoms with E-state index < -0.39 is 0 Å². The molecular formula is C18H26O. The number of aryl methyl sites for hydroxylation is 2. The van der Waals surface area contributed by atoms with Crippen molar-refractivity contribution in [3.8, 4) is 0 Å². The van der Waals surface area contributed by atoms with Crippen LogP contribution in [0.4, 0.5) is 0 Å². The van der Waals surface area contributed by atoms with Gasteiger partial charge in [0.1, 0.15) is 5.78 Å². The molecule has 104 valence electrons. The molecule has 0 radical (unpaired) electrons. The molecule has 0 saturated heterocycles. The van der Waals surface area contributed by atoms with Crippen LogP contribution in [0, 0.1) is 24.7 Å². The summed E-state index contributed by atoms with van der Waals surface area (Å²) in [7, 11) is 0. The second-order valence-corrected chi connectivity index (χ2v) is 6.42. The predicted octanol–water partition coefficient (Wildman–Crippen LogP) is 4.57. The van der Waals surface area contributed by atoms with E-state index in [0.717, 1.165) is 31.6 Å². The molecule has 1 fully saturated rings. The first-order valence-corrected chi connectivity index (χ1v) is 7.64. The molecule has 0 N–H and O–H groups in total. The first-order chi connectivity index (χ1) is 9.06. The average Bonchev–Trinajstić information content (AvgIpc) is 2.39. The predicted molar refractivity (Wildman–Crippen MR) is 80.2 cm³/mol. The lowest BCUT2D eigenvalue weighted by molar-refractivity contribution is -0.124. The van der Waals surface area contributed by atoms with Crippen molar-refractivity contribution in [2.75, 3.05) is 0 Å². The van der Waals surface area contributed by atoms with Crippen LogP contribution in [0.25, 0.3) is 0 Å². The van der Waals surface area contributed by atoms with Crippen molar-refractivity contribution in [2.45, 2.75) is 52.9 Å². The fraction of sp³-hybridized carbons (Fsp3) is 0.611. The highest BCUT2D eigenvalue weighted by atomic mass is 16.1. The van der Waals surface area contributed by atoms with Gasteiger partial charge in [0.05, 0.1) is 0 Å². The van der Waals surface area contributed by atoms with E-state index in [-0.39, 0.29) is 0 Å². The summed E-state index contributed by atoms with van der Waals surface area (Å²) in [4.78, 5) is 12.3. The van der Waals surface area contributed by atoms with E-state index in [9.17, 15) is 4.79 Å². The fourth-order valence-electron chi connectivity index (χ4n) is 3.18. The maximum absolute atomic E-state index is 12.3. The van der Waals surface area contributed by atoms with Gasteiger partial charge >= 0.3 is 0 Å². The maximum atomic E-state index is 12.3. The van der Waals surface area contributed by atoms with Crippen molar-refractivity contribution in [1.29, 1.82) is 0 Å². The van der Waals surface area contributed by atoms with E-state index in [2.05, 4.69) is 45.0 Å². The lowest BCUT2D eigenvalue weighted by atomic mass is 9.74. The van der Waals surface area contributed by atoms with Crippen LogP contribution in [0.2, 0.25) is 0 Å². The molecule has 1 saturated carbocycles. The van der Waals surface area contributed by atoms with Gasteiger partial charge in [0.25, 0.3) is 0 Å². The average molecular weight is 258 g/mol. The fourth-order valence-corrected chi connectivity index (χ4v) is 3.18. The summed E-state index contributed by atoms with van der Waals surface area (Å²) in [6.07, 6.45) is 5.06. The van der Waals surface area contributed by atoms with Crippen LogP contribution in [0.15, 0.2) is 24.3 Å². The quantitative estimate of drug-likeness (QED) is 0.773. The molecule has 3 atom stereocenters. The number of carbonyl (C=O) groups excluding carboxylic acids is 1. The Kier molecular flexibility index (Phi) is 4.79. The smallest absolute Gasteiger partial charge is 0.136 e. The molecule has 19 heavy (non-hydrogen) atoms. The highest BCUT2D eigenvalue weighted by molar-refractivity contribution is 5.81. The Labute approximate surface area is 117 Å². The van der Waals surface area contributed by atoms with Crippen molar-refractivity contribution in [3.63, 3.8) is 0 Å². The van der Waals surface area contributed by atoms with Crippen LogP contribution in [0.3, 0.4) is 0 Å². The zero-order chi connectivity index (χ0) is 13.8. The number of benzene rings is 1. The van der Waals surface area contributed by atoms with Gasteiger partial charge in [-0.05, 0) is 50.0 Å². The summed E-state index contributed by atoms with van der Waals surface area (Å²) in [5.74, 6) is 2.32. The third kappa shape index (κ3) is 3.92. The maximum Gasteiger partial charge on any atom is 0.136 e. The van der Waals surface area contributed by atoms with Crippen LogP contribution < -0.4 is 0 Å². The molecule has 1 aliphatic rings. The first kappa shape index (κ1) is 14.3. The molecular weight excluding hydrogens is 232 g/mol. The van der Waals surface area contributed by atoms with Crippen molar-refractivity contribution < 1.29 is 4.79 Å². The Morgan fingerprint density at radius 3 is 2.68 bits per heavy atom.